The van der Waals surface area contributed by atoms with Gasteiger partial charge < -0.3 is 4.43 Å². The van der Waals surface area contributed by atoms with Crippen LogP contribution in [0.2, 0.25) is 19.6 Å². The third-order valence-corrected chi connectivity index (χ3v) is 3.15. The Morgan fingerprint density at radius 2 is 1.83 bits per heavy atom. The molecule has 1 fully saturated rings. The van der Waals surface area contributed by atoms with Crippen LogP contribution in [0, 0.1) is 5.41 Å². The number of hydrogen-bond acceptors (Lipinski definition) is 2. The topological polar surface area (TPSA) is 26.3 Å². The Balaban J connectivity index is 2.49. The molecule has 0 unspecified atom stereocenters. The van der Waals surface area contributed by atoms with Crippen molar-refractivity contribution in [2.24, 2.45) is 5.41 Å². The van der Waals surface area contributed by atoms with Crippen LogP contribution in [0.1, 0.15) is 26.2 Å². The van der Waals surface area contributed by atoms with Gasteiger partial charge in [-0.15, -0.1) is 0 Å². The van der Waals surface area contributed by atoms with Crippen LogP contribution in [0.4, 0.5) is 0 Å². The summed E-state index contributed by atoms with van der Waals surface area (Å²) in [7, 11) is -1.66. The Morgan fingerprint density at radius 1 is 1.33 bits per heavy atom. The lowest BCUT2D eigenvalue weighted by Gasteiger charge is -2.37. The van der Waals surface area contributed by atoms with Gasteiger partial charge >= 0.3 is 0 Å². The highest BCUT2D eigenvalue weighted by atomic mass is 28.4. The maximum absolute atomic E-state index is 11.6. The van der Waals surface area contributed by atoms with Gasteiger partial charge in [0, 0.05) is 0 Å². The van der Waals surface area contributed by atoms with Crippen LogP contribution in [-0.2, 0) is 9.22 Å². The highest BCUT2D eigenvalue weighted by molar-refractivity contribution is 6.71. The van der Waals surface area contributed by atoms with Gasteiger partial charge in [0.25, 0.3) is 5.97 Å². The van der Waals surface area contributed by atoms with Gasteiger partial charge in [-0.2, -0.15) is 0 Å². The zero-order chi connectivity index (χ0) is 9.41. The van der Waals surface area contributed by atoms with Crippen LogP contribution >= 0.6 is 0 Å². The van der Waals surface area contributed by atoms with Crippen molar-refractivity contribution < 1.29 is 9.22 Å². The second-order valence-corrected chi connectivity index (χ2v) is 9.34. The predicted molar refractivity (Wildman–Crippen MR) is 51.4 cm³/mol. The fourth-order valence-corrected chi connectivity index (χ4v) is 2.12. The van der Waals surface area contributed by atoms with Crippen molar-refractivity contribution in [3.05, 3.63) is 0 Å². The molecule has 0 saturated heterocycles. The smallest absolute Gasteiger partial charge is 0.298 e. The van der Waals surface area contributed by atoms with E-state index in [1.807, 2.05) is 26.6 Å². The monoisotopic (exact) mass is 186 g/mol. The first-order valence-electron chi connectivity index (χ1n) is 4.57. The van der Waals surface area contributed by atoms with Crippen molar-refractivity contribution in [3.8, 4) is 0 Å². The van der Waals surface area contributed by atoms with Crippen LogP contribution in [0.5, 0.6) is 0 Å². The number of hydrogen-bond donors (Lipinski definition) is 0. The Morgan fingerprint density at radius 3 is 2.08 bits per heavy atom. The Labute approximate surface area is 75.4 Å². The molecule has 0 aromatic heterocycles. The van der Waals surface area contributed by atoms with E-state index in [1.54, 1.807) is 0 Å². The van der Waals surface area contributed by atoms with E-state index in [1.165, 1.54) is 6.42 Å². The van der Waals surface area contributed by atoms with E-state index in [-0.39, 0.29) is 11.4 Å². The zero-order valence-electron chi connectivity index (χ0n) is 8.44. The fraction of sp³-hybridized carbons (Fsp3) is 0.889. The lowest BCUT2D eigenvalue weighted by molar-refractivity contribution is -0.150. The Kier molecular flexibility index (Phi) is 2.34. The molecule has 0 aromatic rings. The lowest BCUT2D eigenvalue weighted by Crippen LogP contribution is -2.42. The second kappa shape index (κ2) is 2.87. The third-order valence-electron chi connectivity index (χ3n) is 2.35. The van der Waals surface area contributed by atoms with Gasteiger partial charge in [-0.3, -0.25) is 4.79 Å². The van der Waals surface area contributed by atoms with E-state index in [2.05, 4.69) is 0 Å². The minimum atomic E-state index is -1.66. The summed E-state index contributed by atoms with van der Waals surface area (Å²) in [5.74, 6) is 0.0351. The average molecular weight is 186 g/mol. The van der Waals surface area contributed by atoms with Crippen LogP contribution in [0.15, 0.2) is 0 Å². The van der Waals surface area contributed by atoms with E-state index in [0.717, 1.165) is 12.8 Å². The minimum absolute atomic E-state index is 0.0351. The van der Waals surface area contributed by atoms with Crippen molar-refractivity contribution in [3.63, 3.8) is 0 Å². The summed E-state index contributed by atoms with van der Waals surface area (Å²) >= 11 is 0. The van der Waals surface area contributed by atoms with Crippen molar-refractivity contribution >= 4 is 14.3 Å². The molecule has 0 aromatic carbocycles. The van der Waals surface area contributed by atoms with E-state index in [4.69, 9.17) is 4.43 Å². The SMILES string of the molecule is CC1(C(=O)O[Si](C)(C)C)CCC1. The molecule has 3 heteroatoms. The number of rotatable bonds is 2. The van der Waals surface area contributed by atoms with E-state index >= 15 is 0 Å². The molecule has 2 nitrogen and oxygen atoms in total. The van der Waals surface area contributed by atoms with Crippen molar-refractivity contribution in [1.29, 1.82) is 0 Å². The van der Waals surface area contributed by atoms with Gasteiger partial charge in [0.1, 0.15) is 0 Å². The molecule has 0 bridgehead atoms. The van der Waals surface area contributed by atoms with Crippen LogP contribution < -0.4 is 0 Å². The summed E-state index contributed by atoms with van der Waals surface area (Å²) in [6.45, 7) is 8.16. The van der Waals surface area contributed by atoms with E-state index in [9.17, 15) is 4.79 Å². The van der Waals surface area contributed by atoms with Gasteiger partial charge in [0.2, 0.25) is 8.32 Å². The quantitative estimate of drug-likeness (QED) is 0.620. The molecule has 0 radical (unpaired) electrons. The summed E-state index contributed by atoms with van der Waals surface area (Å²) in [6, 6.07) is 0. The summed E-state index contributed by atoms with van der Waals surface area (Å²) in [5.41, 5.74) is -0.139. The molecule has 1 rings (SSSR count). The molecule has 1 aliphatic carbocycles. The molecule has 1 aliphatic rings. The maximum Gasteiger partial charge on any atom is 0.298 e. The van der Waals surface area contributed by atoms with E-state index < -0.39 is 8.32 Å². The van der Waals surface area contributed by atoms with Crippen molar-refractivity contribution in [2.75, 3.05) is 0 Å². The summed E-state index contributed by atoms with van der Waals surface area (Å²) in [4.78, 5) is 11.6. The van der Waals surface area contributed by atoms with Gasteiger partial charge in [-0.25, -0.2) is 0 Å². The van der Waals surface area contributed by atoms with Crippen LogP contribution in [-0.4, -0.2) is 14.3 Å². The molecule has 0 atom stereocenters. The first-order valence-corrected chi connectivity index (χ1v) is 7.98. The van der Waals surface area contributed by atoms with Crippen molar-refractivity contribution in [1.82, 2.24) is 0 Å². The van der Waals surface area contributed by atoms with Crippen LogP contribution in [0.3, 0.4) is 0 Å². The largest absolute Gasteiger partial charge is 0.519 e. The molecule has 1 saturated carbocycles. The molecule has 0 amide bonds. The molecular weight excluding hydrogens is 168 g/mol. The maximum atomic E-state index is 11.6. The van der Waals surface area contributed by atoms with E-state index in [0.29, 0.717) is 0 Å². The molecule has 0 heterocycles. The predicted octanol–water partition coefficient (Wildman–Crippen LogP) is 2.55. The lowest BCUT2D eigenvalue weighted by atomic mass is 9.71. The molecule has 0 spiro atoms. The summed E-state index contributed by atoms with van der Waals surface area (Å²) < 4.78 is 5.44. The first-order chi connectivity index (χ1) is 5.33. The molecule has 70 valence electrons. The highest BCUT2D eigenvalue weighted by Gasteiger charge is 2.42. The third kappa shape index (κ3) is 2.09. The highest BCUT2D eigenvalue weighted by Crippen LogP contribution is 2.41. The first kappa shape index (κ1) is 9.77. The average Bonchev–Trinajstić information content (AvgIpc) is 1.78. The van der Waals surface area contributed by atoms with Gasteiger partial charge in [0.15, 0.2) is 0 Å². The normalized spacial score (nSPS) is 21.3. The standard InChI is InChI=1S/C9H18O2Si/c1-9(6-5-7-9)8(10)11-12(2,3)4/h5-7H2,1-4H3. The summed E-state index contributed by atoms with van der Waals surface area (Å²) in [5, 5.41) is 0. The minimum Gasteiger partial charge on any atom is -0.519 e. The van der Waals surface area contributed by atoms with Gasteiger partial charge in [0.05, 0.1) is 5.41 Å². The second-order valence-electron chi connectivity index (χ2n) is 4.92. The van der Waals surface area contributed by atoms with Gasteiger partial charge in [-0.05, 0) is 39.4 Å². The molecule has 0 aliphatic heterocycles. The zero-order valence-corrected chi connectivity index (χ0v) is 9.44. The summed E-state index contributed by atoms with van der Waals surface area (Å²) in [6.07, 6.45) is 3.20. The Hall–Kier alpha value is -0.313. The van der Waals surface area contributed by atoms with Gasteiger partial charge in [-0.1, -0.05) is 6.42 Å². The number of carbonyl (C=O) groups excluding carboxylic acids is 1. The molecule has 0 N–H and O–H groups in total. The molecule has 12 heavy (non-hydrogen) atoms. The fourth-order valence-electron chi connectivity index (χ4n) is 1.31. The number of carbonyl (C=O) groups is 1. The van der Waals surface area contributed by atoms with Crippen molar-refractivity contribution in [2.45, 2.75) is 45.8 Å². The Bertz CT molecular complexity index is 189. The van der Waals surface area contributed by atoms with Crippen LogP contribution in [0.25, 0.3) is 0 Å². The molecular formula is C9H18O2Si.